The summed E-state index contributed by atoms with van der Waals surface area (Å²) >= 11 is 12.1. The Bertz CT molecular complexity index is 380. The molecule has 0 amide bonds. The molecule has 1 aromatic rings. The summed E-state index contributed by atoms with van der Waals surface area (Å²) in [6.07, 6.45) is 2.28. The first-order valence-corrected chi connectivity index (χ1v) is 6.97. The molecule has 0 bridgehead atoms. The maximum atomic E-state index is 6.03. The van der Waals surface area contributed by atoms with Crippen LogP contribution in [-0.4, -0.2) is 37.2 Å². The summed E-state index contributed by atoms with van der Waals surface area (Å²) in [5, 5.41) is 1.11. The summed E-state index contributed by atoms with van der Waals surface area (Å²) in [7, 11) is 0. The summed E-state index contributed by atoms with van der Waals surface area (Å²) in [5.41, 5.74) is 5.93. The summed E-state index contributed by atoms with van der Waals surface area (Å²) in [6, 6.07) is 5.66. The van der Waals surface area contributed by atoms with E-state index in [0.717, 1.165) is 32.5 Å². The van der Waals surface area contributed by atoms with Crippen LogP contribution in [0.25, 0.3) is 0 Å². The van der Waals surface area contributed by atoms with E-state index in [0.29, 0.717) is 28.4 Å². The third kappa shape index (κ3) is 3.75. The van der Waals surface area contributed by atoms with Crippen LogP contribution in [0.2, 0.25) is 10.0 Å². The Labute approximate surface area is 118 Å². The van der Waals surface area contributed by atoms with Crippen molar-refractivity contribution in [3.8, 4) is 5.75 Å². The van der Waals surface area contributed by atoms with Gasteiger partial charge in [-0.3, -0.25) is 4.90 Å². The van der Waals surface area contributed by atoms with Crippen LogP contribution in [0.15, 0.2) is 18.2 Å². The van der Waals surface area contributed by atoms with E-state index >= 15 is 0 Å². The molecule has 0 aliphatic carbocycles. The van der Waals surface area contributed by atoms with E-state index in [-0.39, 0.29) is 0 Å². The highest BCUT2D eigenvalue weighted by molar-refractivity contribution is 6.37. The highest BCUT2D eigenvalue weighted by Gasteiger charge is 2.16. The van der Waals surface area contributed by atoms with Crippen LogP contribution in [-0.2, 0) is 0 Å². The summed E-state index contributed by atoms with van der Waals surface area (Å²) in [4.78, 5) is 2.32. The zero-order chi connectivity index (χ0) is 13.0. The van der Waals surface area contributed by atoms with Crippen LogP contribution in [0.5, 0.6) is 5.75 Å². The third-order valence-electron chi connectivity index (χ3n) is 3.11. The van der Waals surface area contributed by atoms with Gasteiger partial charge in [0.25, 0.3) is 0 Å². The van der Waals surface area contributed by atoms with Gasteiger partial charge in [-0.25, -0.2) is 0 Å². The average molecular weight is 289 g/mol. The third-order valence-corrected chi connectivity index (χ3v) is 3.71. The van der Waals surface area contributed by atoms with Crippen molar-refractivity contribution in [1.29, 1.82) is 0 Å². The molecule has 1 fully saturated rings. The Morgan fingerprint density at radius 1 is 1.33 bits per heavy atom. The average Bonchev–Trinajstić information content (AvgIpc) is 2.33. The molecule has 0 radical (unpaired) electrons. The fourth-order valence-electron chi connectivity index (χ4n) is 2.19. The molecule has 1 atom stereocenters. The summed E-state index contributed by atoms with van der Waals surface area (Å²) in [5.74, 6) is 0.571. The van der Waals surface area contributed by atoms with Gasteiger partial charge in [0.1, 0.15) is 6.61 Å². The predicted molar refractivity (Wildman–Crippen MR) is 75.6 cm³/mol. The SMILES string of the molecule is NC1CCCN(CCOc2c(Cl)cccc2Cl)C1. The molecule has 1 heterocycles. The fraction of sp³-hybridized carbons (Fsp3) is 0.538. The highest BCUT2D eigenvalue weighted by atomic mass is 35.5. The van der Waals surface area contributed by atoms with Gasteiger partial charge in [0.2, 0.25) is 0 Å². The topological polar surface area (TPSA) is 38.5 Å². The Morgan fingerprint density at radius 2 is 2.06 bits per heavy atom. The standard InChI is InChI=1S/C13H18Cl2N2O/c14-11-4-1-5-12(15)13(11)18-8-7-17-6-2-3-10(16)9-17/h1,4-5,10H,2-3,6-9,16H2. The van der Waals surface area contributed by atoms with Gasteiger partial charge >= 0.3 is 0 Å². The van der Waals surface area contributed by atoms with Crippen LogP contribution in [0.3, 0.4) is 0 Å². The lowest BCUT2D eigenvalue weighted by molar-refractivity contribution is 0.171. The predicted octanol–water partition coefficient (Wildman–Crippen LogP) is 2.80. The van der Waals surface area contributed by atoms with Gasteiger partial charge in [-0.05, 0) is 31.5 Å². The molecular weight excluding hydrogens is 271 g/mol. The number of nitrogens with two attached hydrogens (primary N) is 1. The van der Waals surface area contributed by atoms with Crippen LogP contribution in [0.1, 0.15) is 12.8 Å². The normalized spacial score (nSPS) is 20.9. The molecule has 100 valence electrons. The van der Waals surface area contributed by atoms with Gasteiger partial charge in [0.15, 0.2) is 5.75 Å². The zero-order valence-corrected chi connectivity index (χ0v) is 11.8. The molecule has 0 saturated carbocycles. The lowest BCUT2D eigenvalue weighted by Gasteiger charge is -2.30. The van der Waals surface area contributed by atoms with Gasteiger partial charge in [0.05, 0.1) is 10.0 Å². The number of rotatable bonds is 4. The van der Waals surface area contributed by atoms with Crippen molar-refractivity contribution in [3.05, 3.63) is 28.2 Å². The first-order valence-electron chi connectivity index (χ1n) is 6.21. The number of likely N-dealkylation sites (tertiary alicyclic amines) is 1. The van der Waals surface area contributed by atoms with Gasteiger partial charge in [-0.15, -0.1) is 0 Å². The molecule has 2 N–H and O–H groups in total. The summed E-state index contributed by atoms with van der Waals surface area (Å²) in [6.45, 7) is 3.47. The molecule has 1 unspecified atom stereocenters. The number of nitrogens with zero attached hydrogens (tertiary/aromatic N) is 1. The van der Waals surface area contributed by atoms with Crippen molar-refractivity contribution in [2.45, 2.75) is 18.9 Å². The largest absolute Gasteiger partial charge is 0.489 e. The van der Waals surface area contributed by atoms with E-state index in [1.54, 1.807) is 18.2 Å². The van der Waals surface area contributed by atoms with E-state index in [4.69, 9.17) is 33.7 Å². The quantitative estimate of drug-likeness (QED) is 0.926. The number of hydrogen-bond acceptors (Lipinski definition) is 3. The molecule has 1 aromatic carbocycles. The molecule has 1 saturated heterocycles. The molecule has 18 heavy (non-hydrogen) atoms. The second-order valence-electron chi connectivity index (χ2n) is 4.60. The Balaban J connectivity index is 1.81. The van der Waals surface area contributed by atoms with E-state index < -0.39 is 0 Å². The van der Waals surface area contributed by atoms with Gasteiger partial charge < -0.3 is 10.5 Å². The molecule has 1 aliphatic rings. The van der Waals surface area contributed by atoms with Gasteiger partial charge in [-0.2, -0.15) is 0 Å². The van der Waals surface area contributed by atoms with Crippen molar-refractivity contribution in [1.82, 2.24) is 4.90 Å². The lowest BCUT2D eigenvalue weighted by atomic mass is 10.1. The smallest absolute Gasteiger partial charge is 0.156 e. The van der Waals surface area contributed by atoms with Crippen molar-refractivity contribution < 1.29 is 4.74 Å². The minimum Gasteiger partial charge on any atom is -0.489 e. The van der Waals surface area contributed by atoms with Gasteiger partial charge in [0, 0.05) is 19.1 Å². The maximum absolute atomic E-state index is 6.03. The van der Waals surface area contributed by atoms with E-state index in [2.05, 4.69) is 4.90 Å². The van der Waals surface area contributed by atoms with Gasteiger partial charge in [-0.1, -0.05) is 29.3 Å². The number of para-hydroxylation sites is 1. The molecule has 0 spiro atoms. The van der Waals surface area contributed by atoms with Crippen molar-refractivity contribution >= 4 is 23.2 Å². The number of ether oxygens (including phenoxy) is 1. The van der Waals surface area contributed by atoms with Crippen molar-refractivity contribution in [2.24, 2.45) is 5.73 Å². The van der Waals surface area contributed by atoms with Crippen LogP contribution in [0.4, 0.5) is 0 Å². The number of halogens is 2. The Hall–Kier alpha value is -0.480. The second-order valence-corrected chi connectivity index (χ2v) is 5.42. The minimum absolute atomic E-state index is 0.294. The van der Waals surface area contributed by atoms with Crippen molar-refractivity contribution in [3.63, 3.8) is 0 Å². The first-order chi connectivity index (χ1) is 8.66. The minimum atomic E-state index is 0.294. The molecule has 5 heteroatoms. The zero-order valence-electron chi connectivity index (χ0n) is 10.2. The molecule has 0 aromatic heterocycles. The fourth-order valence-corrected chi connectivity index (χ4v) is 2.70. The Kier molecular flexibility index (Phi) is 5.13. The van der Waals surface area contributed by atoms with Crippen LogP contribution < -0.4 is 10.5 Å². The molecular formula is C13H18Cl2N2O. The summed E-state index contributed by atoms with van der Waals surface area (Å²) < 4.78 is 5.66. The molecule has 3 nitrogen and oxygen atoms in total. The second kappa shape index (κ2) is 6.62. The molecule has 2 rings (SSSR count). The molecule has 1 aliphatic heterocycles. The van der Waals surface area contributed by atoms with Crippen LogP contribution in [0, 0.1) is 0 Å². The highest BCUT2D eigenvalue weighted by Crippen LogP contribution is 2.32. The number of benzene rings is 1. The maximum Gasteiger partial charge on any atom is 0.156 e. The van der Waals surface area contributed by atoms with E-state index in [1.807, 2.05) is 0 Å². The lowest BCUT2D eigenvalue weighted by Crippen LogP contribution is -2.44. The van der Waals surface area contributed by atoms with Crippen molar-refractivity contribution in [2.75, 3.05) is 26.2 Å². The van der Waals surface area contributed by atoms with E-state index in [9.17, 15) is 0 Å². The Morgan fingerprint density at radius 3 is 2.72 bits per heavy atom. The number of hydrogen-bond donors (Lipinski definition) is 1. The monoisotopic (exact) mass is 288 g/mol. The van der Waals surface area contributed by atoms with Crippen LogP contribution >= 0.6 is 23.2 Å². The first kappa shape index (κ1) is 13.9. The van der Waals surface area contributed by atoms with E-state index in [1.165, 1.54) is 0 Å². The number of piperidine rings is 1.